The average molecular weight is 466 g/mol. The first-order valence-electron chi connectivity index (χ1n) is 13.0. The van der Waals surface area contributed by atoms with Crippen LogP contribution < -0.4 is 5.32 Å². The van der Waals surface area contributed by atoms with Gasteiger partial charge in [-0.1, -0.05) is 20.8 Å². The van der Waals surface area contributed by atoms with E-state index in [0.717, 1.165) is 32.1 Å². The summed E-state index contributed by atoms with van der Waals surface area (Å²) < 4.78 is 0. The summed E-state index contributed by atoms with van der Waals surface area (Å²) in [5.74, 6) is 0.823. The molecule has 4 saturated carbocycles. The van der Waals surface area contributed by atoms with Crippen molar-refractivity contribution in [1.29, 1.82) is 0 Å². The van der Waals surface area contributed by atoms with Gasteiger partial charge >= 0.3 is 5.97 Å². The number of carboxylic acid groups (broad SMARTS) is 1. The zero-order valence-corrected chi connectivity index (χ0v) is 20.4. The molecule has 11 atom stereocenters. The molecule has 0 spiro atoms. The van der Waals surface area contributed by atoms with Crippen LogP contribution in [-0.4, -0.2) is 57.2 Å². The maximum Gasteiger partial charge on any atom is 0.322 e. The van der Waals surface area contributed by atoms with Crippen molar-refractivity contribution < 1.29 is 30.0 Å². The standard InChI is InChI=1S/C26H43NO6/c1-14(4-9-23(31)27-13-24(32)33)18-7-8-19-17-6-5-15-10-16(28)11-21(29)25(15,2)20(17)12-22(30)26(18,19)3/h14-22,28-30H,4-13H2,1-3H3,(H,27,31)(H,32,33)/t14-,15-,16+,17+,18-,19+,20+,21-,22+,25+,26-/m1/s1. The van der Waals surface area contributed by atoms with Gasteiger partial charge in [0.25, 0.3) is 0 Å². The number of carbonyl (C=O) groups is 2. The average Bonchev–Trinajstić information content (AvgIpc) is 3.11. The van der Waals surface area contributed by atoms with Crippen LogP contribution in [-0.2, 0) is 9.59 Å². The largest absolute Gasteiger partial charge is 0.480 e. The number of fused-ring (bicyclic) bond motifs is 5. The van der Waals surface area contributed by atoms with Crippen molar-refractivity contribution >= 4 is 11.9 Å². The van der Waals surface area contributed by atoms with Crippen molar-refractivity contribution in [1.82, 2.24) is 5.32 Å². The molecule has 0 aromatic rings. The number of hydrogen-bond acceptors (Lipinski definition) is 5. The number of carboxylic acids is 1. The molecule has 1 amide bonds. The van der Waals surface area contributed by atoms with E-state index in [4.69, 9.17) is 5.11 Å². The van der Waals surface area contributed by atoms with Crippen LogP contribution in [0, 0.1) is 46.3 Å². The number of nitrogens with one attached hydrogen (secondary N) is 1. The molecule has 4 aliphatic carbocycles. The summed E-state index contributed by atoms with van der Waals surface area (Å²) >= 11 is 0. The van der Waals surface area contributed by atoms with E-state index in [1.165, 1.54) is 0 Å². The topological polar surface area (TPSA) is 127 Å². The van der Waals surface area contributed by atoms with Crippen LogP contribution in [0.1, 0.15) is 78.6 Å². The lowest BCUT2D eigenvalue weighted by molar-refractivity contribution is -0.207. The predicted molar refractivity (Wildman–Crippen MR) is 123 cm³/mol. The fraction of sp³-hybridized carbons (Fsp3) is 0.923. The second-order valence-corrected chi connectivity index (χ2v) is 12.1. The Bertz CT molecular complexity index is 759. The Labute approximate surface area is 197 Å². The van der Waals surface area contributed by atoms with Crippen molar-refractivity contribution in [3.63, 3.8) is 0 Å². The SMILES string of the molecule is C[C@H](CCC(=O)NCC(=O)O)[C@H]1CC[C@H]2[C@@H]3CC[C@@H]4C[C@H](O)C[C@@H](O)[C@]4(C)[C@H]3C[C@H](O)[C@]12C. The molecule has 4 fully saturated rings. The molecular weight excluding hydrogens is 422 g/mol. The van der Waals surface area contributed by atoms with E-state index >= 15 is 0 Å². The van der Waals surface area contributed by atoms with Crippen LogP contribution in [0.25, 0.3) is 0 Å². The second-order valence-electron chi connectivity index (χ2n) is 12.1. The normalized spacial score (nSPS) is 47.7. The molecule has 4 aliphatic rings. The van der Waals surface area contributed by atoms with Crippen LogP contribution in [0.4, 0.5) is 0 Å². The van der Waals surface area contributed by atoms with E-state index in [1.54, 1.807) is 0 Å². The maximum absolute atomic E-state index is 12.0. The van der Waals surface area contributed by atoms with Crippen molar-refractivity contribution in [3.05, 3.63) is 0 Å². The Morgan fingerprint density at radius 2 is 1.64 bits per heavy atom. The lowest BCUT2D eigenvalue weighted by Crippen LogP contribution is -2.62. The Morgan fingerprint density at radius 1 is 0.939 bits per heavy atom. The van der Waals surface area contributed by atoms with Gasteiger partial charge in [0.15, 0.2) is 0 Å². The Hall–Kier alpha value is -1.18. The first-order valence-corrected chi connectivity index (χ1v) is 13.0. The van der Waals surface area contributed by atoms with Gasteiger partial charge in [-0.15, -0.1) is 0 Å². The lowest BCUT2D eigenvalue weighted by Gasteiger charge is -2.63. The van der Waals surface area contributed by atoms with E-state index in [2.05, 4.69) is 26.1 Å². The molecular formula is C26H43NO6. The van der Waals surface area contributed by atoms with E-state index in [0.29, 0.717) is 49.4 Å². The minimum atomic E-state index is -1.04. The van der Waals surface area contributed by atoms with Gasteiger partial charge in [0, 0.05) is 6.42 Å². The fourth-order valence-corrected chi connectivity index (χ4v) is 9.05. The number of amides is 1. The van der Waals surface area contributed by atoms with Crippen molar-refractivity contribution in [2.45, 2.75) is 96.9 Å². The summed E-state index contributed by atoms with van der Waals surface area (Å²) in [7, 11) is 0. The fourth-order valence-electron chi connectivity index (χ4n) is 9.05. The van der Waals surface area contributed by atoms with Gasteiger partial charge in [-0.3, -0.25) is 9.59 Å². The van der Waals surface area contributed by atoms with Crippen LogP contribution in [0.15, 0.2) is 0 Å². The number of aliphatic hydroxyl groups is 3. The number of aliphatic carboxylic acids is 1. The van der Waals surface area contributed by atoms with E-state index < -0.39 is 24.3 Å². The third kappa shape index (κ3) is 4.12. The molecule has 0 saturated heterocycles. The molecule has 4 rings (SSSR count). The molecule has 7 nitrogen and oxygen atoms in total. The zero-order valence-electron chi connectivity index (χ0n) is 20.4. The second kappa shape index (κ2) is 9.12. The van der Waals surface area contributed by atoms with Gasteiger partial charge in [0.05, 0.1) is 18.3 Å². The maximum atomic E-state index is 12.0. The van der Waals surface area contributed by atoms with E-state index in [9.17, 15) is 24.9 Å². The molecule has 7 heteroatoms. The number of carbonyl (C=O) groups excluding carboxylic acids is 1. The third-order valence-corrected chi connectivity index (χ3v) is 10.9. The third-order valence-electron chi connectivity index (χ3n) is 10.9. The molecule has 5 N–H and O–H groups in total. The predicted octanol–water partition coefficient (Wildman–Crippen LogP) is 2.56. The Morgan fingerprint density at radius 3 is 2.33 bits per heavy atom. The van der Waals surface area contributed by atoms with E-state index in [1.807, 2.05) is 0 Å². The molecule has 0 aromatic carbocycles. The van der Waals surface area contributed by atoms with Gasteiger partial charge in [0.2, 0.25) is 5.91 Å². The molecule has 0 heterocycles. The molecule has 0 aliphatic heterocycles. The highest BCUT2D eigenvalue weighted by Gasteiger charge is 2.65. The van der Waals surface area contributed by atoms with Crippen LogP contribution in [0.2, 0.25) is 0 Å². The summed E-state index contributed by atoms with van der Waals surface area (Å²) in [6.07, 6.45) is 5.81. The summed E-state index contributed by atoms with van der Waals surface area (Å²) in [5.41, 5.74) is -0.434. The smallest absolute Gasteiger partial charge is 0.322 e. The van der Waals surface area contributed by atoms with E-state index in [-0.39, 0.29) is 35.1 Å². The first-order chi connectivity index (χ1) is 15.5. The molecule has 0 radical (unpaired) electrons. The van der Waals surface area contributed by atoms with Crippen LogP contribution in [0.5, 0.6) is 0 Å². The molecule has 33 heavy (non-hydrogen) atoms. The summed E-state index contributed by atoms with van der Waals surface area (Å²) in [6, 6.07) is 0. The monoisotopic (exact) mass is 465 g/mol. The van der Waals surface area contributed by atoms with Gasteiger partial charge in [0.1, 0.15) is 6.54 Å². The van der Waals surface area contributed by atoms with Gasteiger partial charge in [-0.25, -0.2) is 0 Å². The Balaban J connectivity index is 1.47. The minimum absolute atomic E-state index is 0.194. The zero-order chi connectivity index (χ0) is 24.1. The van der Waals surface area contributed by atoms with Crippen LogP contribution >= 0.6 is 0 Å². The summed E-state index contributed by atoms with van der Waals surface area (Å²) in [4.78, 5) is 22.7. The molecule has 0 bridgehead atoms. The number of aliphatic hydroxyl groups excluding tert-OH is 3. The number of hydrogen-bond donors (Lipinski definition) is 5. The number of rotatable bonds is 6. The summed E-state index contributed by atoms with van der Waals surface area (Å²) in [6.45, 7) is 6.30. The van der Waals surface area contributed by atoms with Gasteiger partial charge in [-0.05, 0) is 97.7 Å². The Kier molecular flexibility index (Phi) is 6.89. The van der Waals surface area contributed by atoms with Crippen molar-refractivity contribution in [3.8, 4) is 0 Å². The van der Waals surface area contributed by atoms with Gasteiger partial charge < -0.3 is 25.7 Å². The minimum Gasteiger partial charge on any atom is -0.480 e. The highest BCUT2D eigenvalue weighted by atomic mass is 16.4. The highest BCUT2D eigenvalue weighted by Crippen LogP contribution is 2.68. The molecule has 0 unspecified atom stereocenters. The van der Waals surface area contributed by atoms with Gasteiger partial charge in [-0.2, -0.15) is 0 Å². The quantitative estimate of drug-likeness (QED) is 0.410. The molecule has 0 aromatic heterocycles. The first kappa shape index (κ1) is 24.9. The van der Waals surface area contributed by atoms with Crippen molar-refractivity contribution in [2.24, 2.45) is 46.3 Å². The highest BCUT2D eigenvalue weighted by molar-refractivity contribution is 5.81. The lowest BCUT2D eigenvalue weighted by atomic mass is 9.43. The van der Waals surface area contributed by atoms with Crippen LogP contribution in [0.3, 0.4) is 0 Å². The van der Waals surface area contributed by atoms with Crippen molar-refractivity contribution in [2.75, 3.05) is 6.54 Å². The molecule has 188 valence electrons. The summed E-state index contributed by atoms with van der Waals surface area (Å²) in [5, 5.41) is 44.1.